The van der Waals surface area contributed by atoms with E-state index in [1.165, 1.54) is 42.6 Å². The second-order valence-electron chi connectivity index (χ2n) is 6.64. The summed E-state index contributed by atoms with van der Waals surface area (Å²) in [7, 11) is 0. The Hall–Kier alpha value is -0.510. The molecule has 2 nitrogen and oxygen atoms in total. The van der Waals surface area contributed by atoms with Gasteiger partial charge in [-0.2, -0.15) is 0 Å². The van der Waals surface area contributed by atoms with Crippen LogP contribution in [-0.2, 0) is 4.74 Å². The van der Waals surface area contributed by atoms with Crippen LogP contribution in [0.15, 0.2) is 29.2 Å². The van der Waals surface area contributed by atoms with E-state index in [0.717, 1.165) is 19.4 Å². The molecule has 0 aromatic heterocycles. The lowest BCUT2D eigenvalue weighted by Gasteiger charge is -2.45. The maximum absolute atomic E-state index is 6.59. The summed E-state index contributed by atoms with van der Waals surface area (Å²) < 4.78 is 6.20. The van der Waals surface area contributed by atoms with E-state index >= 15 is 0 Å². The molecule has 2 unspecified atom stereocenters. The third kappa shape index (κ3) is 3.46. The molecule has 1 aromatic carbocycles. The van der Waals surface area contributed by atoms with Gasteiger partial charge in [-0.3, -0.25) is 0 Å². The van der Waals surface area contributed by atoms with Crippen LogP contribution in [0.4, 0.5) is 0 Å². The van der Waals surface area contributed by atoms with Crippen molar-refractivity contribution < 1.29 is 4.74 Å². The van der Waals surface area contributed by atoms with Gasteiger partial charge in [0.1, 0.15) is 0 Å². The summed E-state index contributed by atoms with van der Waals surface area (Å²) in [4.78, 5) is 1.31. The molecule has 2 N–H and O–H groups in total. The van der Waals surface area contributed by atoms with E-state index in [9.17, 15) is 0 Å². The molecule has 1 aliphatic heterocycles. The molecule has 21 heavy (non-hydrogen) atoms. The number of rotatable bonds is 3. The van der Waals surface area contributed by atoms with Gasteiger partial charge in [0.05, 0.1) is 5.60 Å². The predicted molar refractivity (Wildman–Crippen MR) is 89.6 cm³/mol. The Morgan fingerprint density at radius 2 is 1.90 bits per heavy atom. The van der Waals surface area contributed by atoms with E-state index in [1.54, 1.807) is 11.8 Å². The van der Waals surface area contributed by atoms with Crippen LogP contribution in [0.2, 0.25) is 0 Å². The molecule has 1 saturated carbocycles. The molecule has 1 saturated heterocycles. The molecule has 2 atom stereocenters. The van der Waals surface area contributed by atoms with E-state index in [0.29, 0.717) is 5.92 Å². The second-order valence-corrected chi connectivity index (χ2v) is 7.52. The largest absolute Gasteiger partial charge is 0.375 e. The van der Waals surface area contributed by atoms with Gasteiger partial charge >= 0.3 is 0 Å². The van der Waals surface area contributed by atoms with Gasteiger partial charge in [0, 0.05) is 17.5 Å². The fraction of sp³-hybridized carbons (Fsp3) is 0.667. The molecule has 0 bridgehead atoms. The van der Waals surface area contributed by atoms with E-state index in [1.807, 2.05) is 0 Å². The van der Waals surface area contributed by atoms with Crippen LogP contribution in [-0.4, -0.2) is 18.5 Å². The van der Waals surface area contributed by atoms with E-state index in [4.69, 9.17) is 10.5 Å². The van der Waals surface area contributed by atoms with Crippen molar-refractivity contribution in [1.29, 1.82) is 0 Å². The van der Waals surface area contributed by atoms with Crippen LogP contribution < -0.4 is 5.73 Å². The SMILES string of the molecule is CSc1ccc(C(N)C2CCOC3(CCCCC3)C2)cc1. The van der Waals surface area contributed by atoms with Crippen LogP contribution in [0.25, 0.3) is 0 Å². The Morgan fingerprint density at radius 1 is 1.19 bits per heavy atom. The molecule has 0 amide bonds. The van der Waals surface area contributed by atoms with Crippen molar-refractivity contribution in [2.45, 2.75) is 61.5 Å². The zero-order valence-electron chi connectivity index (χ0n) is 13.0. The van der Waals surface area contributed by atoms with Gasteiger partial charge in [-0.25, -0.2) is 0 Å². The van der Waals surface area contributed by atoms with Crippen LogP contribution in [0.1, 0.15) is 56.6 Å². The van der Waals surface area contributed by atoms with Gasteiger partial charge in [-0.1, -0.05) is 31.4 Å². The highest BCUT2D eigenvalue weighted by Gasteiger charge is 2.40. The molecular formula is C18H27NOS. The van der Waals surface area contributed by atoms with Crippen molar-refractivity contribution in [3.05, 3.63) is 29.8 Å². The zero-order chi connectivity index (χ0) is 14.7. The molecular weight excluding hydrogens is 278 g/mol. The summed E-state index contributed by atoms with van der Waals surface area (Å²) in [6, 6.07) is 8.95. The lowest BCUT2D eigenvalue weighted by molar-refractivity contribution is -0.120. The van der Waals surface area contributed by atoms with E-state index < -0.39 is 0 Å². The molecule has 2 fully saturated rings. The summed E-state index contributed by atoms with van der Waals surface area (Å²) in [6.45, 7) is 0.890. The average molecular weight is 305 g/mol. The molecule has 1 heterocycles. The Labute approximate surface area is 132 Å². The molecule has 116 valence electrons. The van der Waals surface area contributed by atoms with Crippen molar-refractivity contribution >= 4 is 11.8 Å². The smallest absolute Gasteiger partial charge is 0.0685 e. The van der Waals surface area contributed by atoms with E-state index in [-0.39, 0.29) is 11.6 Å². The standard InChI is InChI=1S/C18H27NOS/c1-21-16-7-5-14(6-8-16)17(19)15-9-12-20-18(13-15)10-3-2-4-11-18/h5-8,15,17H,2-4,9-13,19H2,1H3. The van der Waals surface area contributed by atoms with Gasteiger partial charge in [-0.05, 0) is 55.6 Å². The monoisotopic (exact) mass is 305 g/mol. The summed E-state index contributed by atoms with van der Waals surface area (Å²) in [5, 5.41) is 0. The number of thioether (sulfide) groups is 1. The zero-order valence-corrected chi connectivity index (χ0v) is 13.8. The number of hydrogen-bond donors (Lipinski definition) is 1. The van der Waals surface area contributed by atoms with Crippen molar-refractivity contribution in [3.63, 3.8) is 0 Å². The quantitative estimate of drug-likeness (QED) is 0.833. The Balaban J connectivity index is 1.69. The first-order valence-electron chi connectivity index (χ1n) is 8.26. The number of benzene rings is 1. The molecule has 1 aromatic rings. The van der Waals surface area contributed by atoms with Crippen molar-refractivity contribution in [2.75, 3.05) is 12.9 Å². The predicted octanol–water partition coefficient (Wildman–Crippen LogP) is 4.54. The maximum Gasteiger partial charge on any atom is 0.0685 e. The first kappa shape index (κ1) is 15.4. The minimum Gasteiger partial charge on any atom is -0.375 e. The lowest BCUT2D eigenvalue weighted by Crippen LogP contribution is -2.44. The topological polar surface area (TPSA) is 35.2 Å². The van der Waals surface area contributed by atoms with Gasteiger partial charge < -0.3 is 10.5 Å². The maximum atomic E-state index is 6.59. The van der Waals surface area contributed by atoms with Gasteiger partial charge in [0.25, 0.3) is 0 Å². The Morgan fingerprint density at radius 3 is 2.57 bits per heavy atom. The van der Waals surface area contributed by atoms with Crippen molar-refractivity contribution in [1.82, 2.24) is 0 Å². The minimum atomic E-state index is 0.151. The second kappa shape index (κ2) is 6.72. The number of ether oxygens (including phenoxy) is 1. The third-order valence-corrected chi connectivity index (χ3v) is 6.05. The molecule has 1 spiro atoms. The highest BCUT2D eigenvalue weighted by molar-refractivity contribution is 7.98. The van der Waals surface area contributed by atoms with Crippen LogP contribution in [0, 0.1) is 5.92 Å². The number of nitrogens with two attached hydrogens (primary N) is 1. The molecule has 2 aliphatic rings. The first-order valence-corrected chi connectivity index (χ1v) is 9.48. The Bertz CT molecular complexity index is 447. The summed E-state index contributed by atoms with van der Waals surface area (Å²) >= 11 is 1.78. The normalized spacial score (nSPS) is 26.7. The molecule has 1 aliphatic carbocycles. The lowest BCUT2D eigenvalue weighted by atomic mass is 9.73. The molecule has 3 rings (SSSR count). The highest BCUT2D eigenvalue weighted by Crippen LogP contribution is 2.43. The molecule has 0 radical (unpaired) electrons. The number of hydrogen-bond acceptors (Lipinski definition) is 3. The summed E-state index contributed by atoms with van der Waals surface area (Å²) in [6.07, 6.45) is 10.9. The van der Waals surface area contributed by atoms with Crippen LogP contribution in [0.3, 0.4) is 0 Å². The highest BCUT2D eigenvalue weighted by atomic mass is 32.2. The van der Waals surface area contributed by atoms with Crippen molar-refractivity contribution in [3.8, 4) is 0 Å². The molecule has 3 heteroatoms. The van der Waals surface area contributed by atoms with Crippen LogP contribution in [0.5, 0.6) is 0 Å². The first-order chi connectivity index (χ1) is 10.2. The van der Waals surface area contributed by atoms with Crippen molar-refractivity contribution in [2.24, 2.45) is 11.7 Å². The summed E-state index contributed by atoms with van der Waals surface area (Å²) in [5.41, 5.74) is 8.02. The fourth-order valence-corrected chi connectivity index (χ4v) is 4.42. The van der Waals surface area contributed by atoms with Gasteiger partial charge in [-0.15, -0.1) is 11.8 Å². The average Bonchev–Trinajstić information content (AvgIpc) is 2.55. The Kier molecular flexibility index (Phi) is 4.92. The van der Waals surface area contributed by atoms with E-state index in [2.05, 4.69) is 30.5 Å². The van der Waals surface area contributed by atoms with Crippen LogP contribution >= 0.6 is 11.8 Å². The fourth-order valence-electron chi connectivity index (χ4n) is 4.02. The minimum absolute atomic E-state index is 0.151. The van der Waals surface area contributed by atoms with Gasteiger partial charge in [0.2, 0.25) is 0 Å². The van der Waals surface area contributed by atoms with Gasteiger partial charge in [0.15, 0.2) is 0 Å². The third-order valence-electron chi connectivity index (χ3n) is 5.30. The summed E-state index contributed by atoms with van der Waals surface area (Å²) in [5.74, 6) is 0.567.